The molecule has 0 aliphatic carbocycles. The first-order chi connectivity index (χ1) is 15.0. The molecule has 2 aromatic rings. The summed E-state index contributed by atoms with van der Waals surface area (Å²) in [7, 11) is -3.50. The molecule has 1 heterocycles. The summed E-state index contributed by atoms with van der Waals surface area (Å²) >= 11 is 0. The van der Waals surface area contributed by atoms with Crippen LogP contribution in [0.25, 0.3) is 0 Å². The van der Waals surface area contributed by atoms with Crippen molar-refractivity contribution in [2.75, 3.05) is 13.1 Å². The Bertz CT molecular complexity index is 1020. The van der Waals surface area contributed by atoms with Gasteiger partial charge < -0.3 is 5.32 Å². The first-order valence-corrected chi connectivity index (χ1v) is 12.7. The van der Waals surface area contributed by atoms with E-state index in [9.17, 15) is 17.6 Å². The van der Waals surface area contributed by atoms with Crippen molar-refractivity contribution in [2.45, 2.75) is 57.7 Å². The monoisotopic (exact) mass is 460 g/mol. The number of nitrogens with one attached hydrogen (secondary N) is 1. The van der Waals surface area contributed by atoms with Crippen molar-refractivity contribution in [3.8, 4) is 0 Å². The van der Waals surface area contributed by atoms with E-state index in [1.807, 2.05) is 6.92 Å². The van der Waals surface area contributed by atoms with Gasteiger partial charge >= 0.3 is 0 Å². The highest BCUT2D eigenvalue weighted by Gasteiger charge is 2.31. The number of sulfonamides is 1. The van der Waals surface area contributed by atoms with Crippen LogP contribution in [0.2, 0.25) is 0 Å². The number of piperidine rings is 1. The number of hydrogen-bond acceptors (Lipinski definition) is 3. The molecule has 0 bridgehead atoms. The number of carbonyl (C=O) groups excluding carboxylic acids is 1. The third-order valence-corrected chi connectivity index (χ3v) is 7.97. The Balaban J connectivity index is 1.53. The van der Waals surface area contributed by atoms with Crippen molar-refractivity contribution in [1.82, 2.24) is 9.62 Å². The molecule has 1 saturated heterocycles. The van der Waals surface area contributed by atoms with Crippen LogP contribution in [0, 0.1) is 11.7 Å². The summed E-state index contributed by atoms with van der Waals surface area (Å²) in [6.07, 6.45) is 0.980. The number of hydrogen-bond donors (Lipinski definition) is 1. The van der Waals surface area contributed by atoms with Crippen molar-refractivity contribution in [3.05, 3.63) is 71.0 Å². The summed E-state index contributed by atoms with van der Waals surface area (Å²) in [6.45, 7) is 9.09. The van der Waals surface area contributed by atoms with Gasteiger partial charge in [0, 0.05) is 19.0 Å². The largest absolute Gasteiger partial charge is 0.349 e. The van der Waals surface area contributed by atoms with E-state index in [2.05, 4.69) is 50.4 Å². The number of halogens is 1. The summed E-state index contributed by atoms with van der Waals surface area (Å²) in [5.74, 6) is -0.792. The highest BCUT2D eigenvalue weighted by Crippen LogP contribution is 2.25. The van der Waals surface area contributed by atoms with Gasteiger partial charge in [0.1, 0.15) is 5.82 Å². The van der Waals surface area contributed by atoms with E-state index in [-0.39, 0.29) is 29.0 Å². The minimum atomic E-state index is -3.50. The summed E-state index contributed by atoms with van der Waals surface area (Å²) < 4.78 is 39.9. The Labute approximate surface area is 191 Å². The average molecular weight is 461 g/mol. The van der Waals surface area contributed by atoms with Crippen molar-refractivity contribution >= 4 is 15.9 Å². The Morgan fingerprint density at radius 3 is 2.16 bits per heavy atom. The normalized spacial score (nSPS) is 17.2. The first-order valence-electron chi connectivity index (χ1n) is 11.1. The summed E-state index contributed by atoms with van der Waals surface area (Å²) in [6, 6.07) is 13.7. The van der Waals surface area contributed by atoms with Gasteiger partial charge in [-0.3, -0.25) is 4.79 Å². The van der Waals surface area contributed by atoms with E-state index in [0.29, 0.717) is 31.5 Å². The third kappa shape index (κ3) is 6.17. The van der Waals surface area contributed by atoms with Crippen LogP contribution < -0.4 is 5.32 Å². The maximum Gasteiger partial charge on any atom is 0.223 e. The minimum Gasteiger partial charge on any atom is -0.349 e. The van der Waals surface area contributed by atoms with Gasteiger partial charge in [-0.2, -0.15) is 0 Å². The van der Waals surface area contributed by atoms with Gasteiger partial charge in [0.05, 0.1) is 11.8 Å². The molecule has 1 N–H and O–H groups in total. The van der Waals surface area contributed by atoms with Crippen molar-refractivity contribution in [1.29, 1.82) is 0 Å². The second-order valence-corrected chi connectivity index (χ2v) is 11.6. The van der Waals surface area contributed by atoms with Gasteiger partial charge in [0.2, 0.25) is 15.9 Å². The van der Waals surface area contributed by atoms with Gasteiger partial charge in [-0.05, 0) is 54.0 Å². The predicted molar refractivity (Wildman–Crippen MR) is 125 cm³/mol. The van der Waals surface area contributed by atoms with Crippen LogP contribution in [0.5, 0.6) is 0 Å². The molecule has 0 saturated carbocycles. The zero-order chi connectivity index (χ0) is 23.5. The van der Waals surface area contributed by atoms with Gasteiger partial charge in [0.15, 0.2) is 0 Å². The molecule has 1 fully saturated rings. The molecule has 1 aliphatic heterocycles. The van der Waals surface area contributed by atoms with E-state index < -0.39 is 15.8 Å². The fourth-order valence-electron chi connectivity index (χ4n) is 3.97. The molecule has 0 aromatic heterocycles. The SMILES string of the molecule is C[C@@H](NC(=O)C1CCN(S(=O)(=O)Cc2ccc(F)cc2)CC1)c1ccc(C(C)(C)C)cc1. The van der Waals surface area contributed by atoms with Crippen LogP contribution in [0.3, 0.4) is 0 Å². The average Bonchev–Trinajstić information content (AvgIpc) is 2.75. The van der Waals surface area contributed by atoms with Crippen LogP contribution in [-0.2, 0) is 26.0 Å². The molecule has 5 nitrogen and oxygen atoms in total. The van der Waals surface area contributed by atoms with Crippen LogP contribution in [0.15, 0.2) is 48.5 Å². The lowest BCUT2D eigenvalue weighted by Gasteiger charge is -2.31. The lowest BCUT2D eigenvalue weighted by molar-refractivity contribution is -0.126. The van der Waals surface area contributed by atoms with Gasteiger partial charge in [-0.1, -0.05) is 57.2 Å². The van der Waals surface area contributed by atoms with Crippen LogP contribution in [0.4, 0.5) is 4.39 Å². The van der Waals surface area contributed by atoms with Crippen molar-refractivity contribution < 1.29 is 17.6 Å². The van der Waals surface area contributed by atoms with E-state index in [1.165, 1.54) is 34.1 Å². The Kier molecular flexibility index (Phi) is 7.40. The van der Waals surface area contributed by atoms with Gasteiger partial charge in [-0.25, -0.2) is 17.1 Å². The predicted octanol–water partition coefficient (Wildman–Crippen LogP) is 4.54. The highest BCUT2D eigenvalue weighted by atomic mass is 32.2. The van der Waals surface area contributed by atoms with Gasteiger partial charge in [0.25, 0.3) is 0 Å². The molecule has 2 aromatic carbocycles. The quantitative estimate of drug-likeness (QED) is 0.688. The summed E-state index contributed by atoms with van der Waals surface area (Å²) in [5, 5.41) is 3.08. The number of amides is 1. The minimum absolute atomic E-state index is 0.0343. The second-order valence-electron chi connectivity index (χ2n) is 9.66. The van der Waals surface area contributed by atoms with E-state index in [0.717, 1.165) is 5.56 Å². The van der Waals surface area contributed by atoms with Gasteiger partial charge in [-0.15, -0.1) is 0 Å². The Hall–Kier alpha value is -2.25. The number of benzene rings is 2. The highest BCUT2D eigenvalue weighted by molar-refractivity contribution is 7.88. The van der Waals surface area contributed by atoms with E-state index in [4.69, 9.17) is 0 Å². The van der Waals surface area contributed by atoms with Crippen LogP contribution in [0.1, 0.15) is 63.3 Å². The van der Waals surface area contributed by atoms with Crippen molar-refractivity contribution in [2.24, 2.45) is 5.92 Å². The fourth-order valence-corrected chi connectivity index (χ4v) is 5.53. The second kappa shape index (κ2) is 9.71. The number of rotatable bonds is 6. The molecule has 1 amide bonds. The molecule has 1 aliphatic rings. The molecule has 0 unspecified atom stereocenters. The van der Waals surface area contributed by atoms with E-state index >= 15 is 0 Å². The summed E-state index contributed by atoms with van der Waals surface area (Å²) in [4.78, 5) is 12.8. The maximum atomic E-state index is 13.1. The molecule has 3 rings (SSSR count). The summed E-state index contributed by atoms with van der Waals surface area (Å²) in [5.41, 5.74) is 2.92. The molecular formula is C25H33FN2O3S. The zero-order valence-corrected chi connectivity index (χ0v) is 20.1. The molecule has 174 valence electrons. The zero-order valence-electron chi connectivity index (χ0n) is 19.3. The lowest BCUT2D eigenvalue weighted by atomic mass is 9.86. The molecule has 1 atom stereocenters. The fraction of sp³-hybridized carbons (Fsp3) is 0.480. The lowest BCUT2D eigenvalue weighted by Crippen LogP contribution is -2.43. The van der Waals surface area contributed by atoms with Crippen LogP contribution >= 0.6 is 0 Å². The first kappa shape index (κ1) is 24.4. The molecule has 0 spiro atoms. The molecule has 7 heteroatoms. The topological polar surface area (TPSA) is 66.5 Å². The van der Waals surface area contributed by atoms with Crippen molar-refractivity contribution in [3.63, 3.8) is 0 Å². The van der Waals surface area contributed by atoms with E-state index in [1.54, 1.807) is 0 Å². The number of nitrogens with zero attached hydrogens (tertiary/aromatic N) is 1. The standard InChI is InChI=1S/C25H33FN2O3S/c1-18(20-7-9-22(10-8-20)25(2,3)4)27-24(29)21-13-15-28(16-14-21)32(30,31)17-19-5-11-23(26)12-6-19/h5-12,18,21H,13-17H2,1-4H3,(H,27,29)/t18-/m1/s1. The number of carbonyl (C=O) groups is 1. The van der Waals surface area contributed by atoms with Crippen LogP contribution in [-0.4, -0.2) is 31.7 Å². The molecule has 0 radical (unpaired) electrons. The Morgan fingerprint density at radius 1 is 1.06 bits per heavy atom. The third-order valence-electron chi connectivity index (χ3n) is 6.12. The molecule has 32 heavy (non-hydrogen) atoms. The maximum absolute atomic E-state index is 13.1. The Morgan fingerprint density at radius 2 is 1.62 bits per heavy atom. The smallest absolute Gasteiger partial charge is 0.223 e. The molecular weight excluding hydrogens is 427 g/mol.